The fourth-order valence-corrected chi connectivity index (χ4v) is 4.70. The topological polar surface area (TPSA) is 109 Å². The highest BCUT2D eigenvalue weighted by atomic mass is 19.1. The van der Waals surface area contributed by atoms with Crippen molar-refractivity contribution in [1.82, 2.24) is 14.9 Å². The molecule has 3 N–H and O–H groups in total. The Labute approximate surface area is 215 Å². The molecule has 0 unspecified atom stereocenters. The number of amidine groups is 1. The lowest BCUT2D eigenvalue weighted by Gasteiger charge is -2.34. The quantitative estimate of drug-likeness (QED) is 0.597. The second-order valence-electron chi connectivity index (χ2n) is 9.39. The van der Waals surface area contributed by atoms with Crippen LogP contribution in [0.1, 0.15) is 25.0 Å². The van der Waals surface area contributed by atoms with Crippen LogP contribution < -0.4 is 20.7 Å². The van der Waals surface area contributed by atoms with Crippen molar-refractivity contribution in [2.45, 2.75) is 20.3 Å². The third-order valence-corrected chi connectivity index (χ3v) is 6.45. The van der Waals surface area contributed by atoms with Gasteiger partial charge in [0.25, 0.3) is 0 Å². The van der Waals surface area contributed by atoms with Crippen LogP contribution in [0, 0.1) is 5.82 Å². The highest BCUT2D eigenvalue weighted by Crippen LogP contribution is 2.34. The lowest BCUT2D eigenvalue weighted by molar-refractivity contribution is -0.119. The van der Waals surface area contributed by atoms with Crippen LogP contribution in [0.3, 0.4) is 0 Å². The molecule has 1 fully saturated rings. The number of ether oxygens (including phenoxy) is 1. The summed E-state index contributed by atoms with van der Waals surface area (Å²) in [7, 11) is 0. The van der Waals surface area contributed by atoms with Crippen molar-refractivity contribution in [1.29, 1.82) is 0 Å². The van der Waals surface area contributed by atoms with Crippen LogP contribution >= 0.6 is 0 Å². The molecule has 0 radical (unpaired) electrons. The van der Waals surface area contributed by atoms with E-state index in [1.807, 2.05) is 55.2 Å². The lowest BCUT2D eigenvalue weighted by Crippen LogP contribution is -2.49. The Balaban J connectivity index is 1.41. The number of rotatable bonds is 7. The Kier molecular flexibility index (Phi) is 7.00. The number of aliphatic imine (C=N–C) groups is 1. The number of carbonyl (C=O) groups is 1. The minimum Gasteiger partial charge on any atom is -0.421 e. The van der Waals surface area contributed by atoms with Gasteiger partial charge in [-0.3, -0.25) is 14.7 Å². The van der Waals surface area contributed by atoms with Gasteiger partial charge in [-0.25, -0.2) is 4.39 Å². The van der Waals surface area contributed by atoms with Gasteiger partial charge < -0.3 is 20.7 Å². The highest BCUT2D eigenvalue weighted by Gasteiger charge is 2.23. The van der Waals surface area contributed by atoms with Gasteiger partial charge in [-0.05, 0) is 43.5 Å². The van der Waals surface area contributed by atoms with E-state index in [1.165, 1.54) is 0 Å². The van der Waals surface area contributed by atoms with Gasteiger partial charge in [0, 0.05) is 37.8 Å². The van der Waals surface area contributed by atoms with Crippen LogP contribution in [0.2, 0.25) is 0 Å². The third-order valence-electron chi connectivity index (χ3n) is 6.45. The van der Waals surface area contributed by atoms with E-state index in [1.54, 1.807) is 6.07 Å². The molecule has 3 aliphatic rings. The first-order valence-electron chi connectivity index (χ1n) is 12.3. The zero-order valence-corrected chi connectivity index (χ0v) is 21.0. The molecule has 0 atom stereocenters. The van der Waals surface area contributed by atoms with Crippen molar-refractivity contribution in [3.63, 3.8) is 0 Å². The molecule has 1 saturated heterocycles. The Bertz CT molecular complexity index is 1340. The number of hydrogen-bond acceptors (Lipinski definition) is 8. The summed E-state index contributed by atoms with van der Waals surface area (Å²) < 4.78 is 21.2. The molecular formula is C27H30FN7O2. The summed E-state index contributed by atoms with van der Waals surface area (Å²) in [5.41, 5.74) is 9.04. The Morgan fingerprint density at radius 3 is 2.78 bits per heavy atom. The van der Waals surface area contributed by atoms with Gasteiger partial charge >= 0.3 is 6.01 Å². The number of amides is 1. The van der Waals surface area contributed by atoms with Crippen molar-refractivity contribution in [3.05, 3.63) is 64.5 Å². The number of piperazine rings is 1. The predicted octanol–water partition coefficient (Wildman–Crippen LogP) is 3.30. The van der Waals surface area contributed by atoms with Crippen molar-refractivity contribution in [2.24, 2.45) is 10.7 Å². The lowest BCUT2D eigenvalue weighted by atomic mass is 10.1. The van der Waals surface area contributed by atoms with Gasteiger partial charge in [-0.1, -0.05) is 29.9 Å². The molecule has 1 amide bonds. The highest BCUT2D eigenvalue weighted by molar-refractivity contribution is 6.05. The first-order valence-corrected chi connectivity index (χ1v) is 12.3. The third kappa shape index (κ3) is 5.69. The number of nitrogens with zero attached hydrogens (tertiary/aromatic N) is 5. The number of carbonyl (C=O) groups excluding carboxylic acids is 1. The molecule has 192 valence electrons. The molecule has 0 bridgehead atoms. The number of allylic oxidation sites excluding steroid dienone is 2. The number of primary amides is 1. The van der Waals surface area contributed by atoms with E-state index in [0.29, 0.717) is 55.8 Å². The molecule has 1 aliphatic carbocycles. The maximum atomic E-state index is 15.3. The van der Waals surface area contributed by atoms with Crippen molar-refractivity contribution < 1.29 is 13.9 Å². The number of nitrogens with one attached hydrogen (secondary N) is 1. The van der Waals surface area contributed by atoms with Crippen LogP contribution in [0.25, 0.3) is 6.08 Å². The molecule has 0 spiro atoms. The van der Waals surface area contributed by atoms with Gasteiger partial charge in [0.15, 0.2) is 11.6 Å². The van der Waals surface area contributed by atoms with Crippen LogP contribution in [0.15, 0.2) is 52.6 Å². The van der Waals surface area contributed by atoms with E-state index in [-0.39, 0.29) is 24.2 Å². The smallest absolute Gasteiger partial charge is 0.326 e. The van der Waals surface area contributed by atoms with E-state index >= 15 is 4.39 Å². The summed E-state index contributed by atoms with van der Waals surface area (Å²) >= 11 is 0. The number of fused-ring (bicyclic) bond motifs is 1. The van der Waals surface area contributed by atoms with E-state index in [9.17, 15) is 4.79 Å². The summed E-state index contributed by atoms with van der Waals surface area (Å²) in [6.07, 6.45) is 8.52. The number of hydrogen-bond donors (Lipinski definition) is 2. The first-order chi connectivity index (χ1) is 17.9. The molecule has 1 aromatic carbocycles. The number of nitrogens with two attached hydrogens (primary N) is 1. The van der Waals surface area contributed by atoms with E-state index in [2.05, 4.69) is 25.2 Å². The zero-order valence-electron chi connectivity index (χ0n) is 21.0. The Morgan fingerprint density at radius 1 is 1.22 bits per heavy atom. The SMILES string of the molecule is C/C=C/C1=CC(Nc2cc(N3CCN(CC(N)=O)CC3)nc(Oc3ccc4c(c3F)C=C(C)C4)n2)=NC1. The normalized spacial score (nSPS) is 17.5. The van der Waals surface area contributed by atoms with Gasteiger partial charge in [0.05, 0.1) is 13.1 Å². The zero-order chi connectivity index (χ0) is 25.9. The van der Waals surface area contributed by atoms with Crippen LogP contribution in [0.4, 0.5) is 16.0 Å². The number of anilines is 2. The minimum atomic E-state index is -0.419. The second-order valence-corrected chi connectivity index (χ2v) is 9.39. The molecule has 2 aromatic rings. The fraction of sp³-hybridized carbons (Fsp3) is 0.333. The fourth-order valence-electron chi connectivity index (χ4n) is 4.70. The molecule has 10 heteroatoms. The first kappa shape index (κ1) is 24.6. The molecule has 37 heavy (non-hydrogen) atoms. The summed E-state index contributed by atoms with van der Waals surface area (Å²) in [5.74, 6) is 1.12. The molecule has 1 aromatic heterocycles. The second kappa shape index (κ2) is 10.5. The molecule has 0 saturated carbocycles. The molecule has 9 nitrogen and oxygen atoms in total. The van der Waals surface area contributed by atoms with Gasteiger partial charge in [-0.2, -0.15) is 9.97 Å². The van der Waals surface area contributed by atoms with E-state index in [0.717, 1.165) is 23.1 Å². The van der Waals surface area contributed by atoms with Crippen LogP contribution in [-0.2, 0) is 11.2 Å². The number of halogens is 1. The molecule has 3 heterocycles. The van der Waals surface area contributed by atoms with E-state index < -0.39 is 5.82 Å². The largest absolute Gasteiger partial charge is 0.421 e. The number of benzene rings is 1. The Morgan fingerprint density at radius 2 is 2.03 bits per heavy atom. The molecular weight excluding hydrogens is 473 g/mol. The van der Waals surface area contributed by atoms with Crippen LogP contribution in [0.5, 0.6) is 11.8 Å². The predicted molar refractivity (Wildman–Crippen MR) is 143 cm³/mol. The van der Waals surface area contributed by atoms with Crippen molar-refractivity contribution >= 4 is 29.5 Å². The molecule has 5 rings (SSSR count). The van der Waals surface area contributed by atoms with Gasteiger partial charge in [0.1, 0.15) is 17.5 Å². The average Bonchev–Trinajstić information content (AvgIpc) is 3.47. The maximum absolute atomic E-state index is 15.3. The van der Waals surface area contributed by atoms with Crippen molar-refractivity contribution in [2.75, 3.05) is 49.5 Å². The summed E-state index contributed by atoms with van der Waals surface area (Å²) in [4.78, 5) is 29.0. The summed E-state index contributed by atoms with van der Waals surface area (Å²) in [6, 6.07) is 5.36. The number of aromatic nitrogens is 2. The van der Waals surface area contributed by atoms with Crippen LogP contribution in [-0.4, -0.2) is 65.9 Å². The maximum Gasteiger partial charge on any atom is 0.326 e. The standard InChI is InChI=1S/C27H30FN7O2/c1-3-4-18-13-23(30-15-18)31-24-14-25(35-9-7-34(8-10-35)16-22(29)36)33-27(32-24)37-21-6-5-19-11-17(2)12-20(19)26(21)28/h3-6,12-14H,7-11,15-16H2,1-2H3,(H2,29,36)(H,30,31,32,33)/b4-3+. The molecule has 2 aliphatic heterocycles. The minimum absolute atomic E-state index is 0.0355. The summed E-state index contributed by atoms with van der Waals surface area (Å²) in [5, 5.41) is 3.24. The van der Waals surface area contributed by atoms with E-state index in [4.69, 9.17) is 10.5 Å². The Hall–Kier alpha value is -4.05. The average molecular weight is 504 g/mol. The van der Waals surface area contributed by atoms with Gasteiger partial charge in [-0.15, -0.1) is 0 Å². The summed E-state index contributed by atoms with van der Waals surface area (Å²) in [6.45, 7) is 7.38. The van der Waals surface area contributed by atoms with Crippen molar-refractivity contribution in [3.8, 4) is 11.8 Å². The van der Waals surface area contributed by atoms with Gasteiger partial charge in [0.2, 0.25) is 5.91 Å². The monoisotopic (exact) mass is 503 g/mol.